The van der Waals surface area contributed by atoms with Crippen LogP contribution in [0, 0.1) is 6.92 Å². The Kier molecular flexibility index (Phi) is 3.59. The molecule has 0 radical (unpaired) electrons. The normalized spacial score (nSPS) is 10.9. The van der Waals surface area contributed by atoms with Crippen LogP contribution in [-0.2, 0) is 0 Å². The van der Waals surface area contributed by atoms with Gasteiger partial charge in [0, 0.05) is 28.0 Å². The zero-order valence-corrected chi connectivity index (χ0v) is 13.6. The monoisotopic (exact) mass is 335 g/mol. The van der Waals surface area contributed by atoms with Crippen molar-refractivity contribution in [3.63, 3.8) is 0 Å². The van der Waals surface area contributed by atoms with Crippen molar-refractivity contribution in [3.8, 4) is 11.4 Å². The SMILES string of the molecule is Cc1c(C(=O)Nc2nc(-c3ccccc3)ns2)oc2ccccc12. The van der Waals surface area contributed by atoms with Crippen LogP contribution in [0.25, 0.3) is 22.4 Å². The van der Waals surface area contributed by atoms with Crippen LogP contribution in [0.5, 0.6) is 0 Å². The highest BCUT2D eigenvalue weighted by molar-refractivity contribution is 7.10. The Morgan fingerprint density at radius 1 is 1.08 bits per heavy atom. The van der Waals surface area contributed by atoms with Gasteiger partial charge in [-0.15, -0.1) is 0 Å². The van der Waals surface area contributed by atoms with Crippen molar-refractivity contribution < 1.29 is 9.21 Å². The summed E-state index contributed by atoms with van der Waals surface area (Å²) in [5, 5.41) is 4.14. The third-order valence-electron chi connectivity index (χ3n) is 3.73. The second-order valence-electron chi connectivity index (χ2n) is 5.30. The number of nitrogens with one attached hydrogen (secondary N) is 1. The van der Waals surface area contributed by atoms with Gasteiger partial charge in [-0.25, -0.2) is 0 Å². The summed E-state index contributed by atoms with van der Waals surface area (Å²) in [6.07, 6.45) is 0. The maximum Gasteiger partial charge on any atom is 0.293 e. The Morgan fingerprint density at radius 3 is 2.62 bits per heavy atom. The third-order valence-corrected chi connectivity index (χ3v) is 4.36. The largest absolute Gasteiger partial charge is 0.451 e. The zero-order chi connectivity index (χ0) is 16.5. The molecule has 2 aromatic heterocycles. The van der Waals surface area contributed by atoms with Crippen LogP contribution >= 0.6 is 11.5 Å². The molecule has 1 N–H and O–H groups in total. The standard InChI is InChI=1S/C18H13N3O2S/c1-11-13-9-5-6-10-14(13)23-15(11)17(22)20-18-19-16(21-24-18)12-7-3-2-4-8-12/h2-10H,1H3,(H,19,20,21,22). The number of hydrogen-bond acceptors (Lipinski definition) is 5. The average molecular weight is 335 g/mol. The Balaban J connectivity index is 1.60. The van der Waals surface area contributed by atoms with E-state index in [1.807, 2.05) is 61.5 Å². The van der Waals surface area contributed by atoms with Crippen molar-refractivity contribution in [1.29, 1.82) is 0 Å². The van der Waals surface area contributed by atoms with Crippen molar-refractivity contribution in [2.24, 2.45) is 0 Å². The number of nitrogens with zero attached hydrogens (tertiary/aromatic N) is 2. The number of hydrogen-bond donors (Lipinski definition) is 1. The zero-order valence-electron chi connectivity index (χ0n) is 12.8. The Morgan fingerprint density at radius 2 is 1.83 bits per heavy atom. The molecule has 5 nitrogen and oxygen atoms in total. The fourth-order valence-corrected chi connectivity index (χ4v) is 3.11. The van der Waals surface area contributed by atoms with Crippen LogP contribution < -0.4 is 5.32 Å². The molecule has 0 aliphatic carbocycles. The first-order valence-corrected chi connectivity index (χ1v) is 8.18. The molecule has 0 atom stereocenters. The first kappa shape index (κ1) is 14.6. The maximum absolute atomic E-state index is 12.5. The van der Waals surface area contributed by atoms with E-state index >= 15 is 0 Å². The van der Waals surface area contributed by atoms with Crippen molar-refractivity contribution >= 4 is 33.5 Å². The van der Waals surface area contributed by atoms with Crippen molar-refractivity contribution in [2.45, 2.75) is 6.92 Å². The van der Waals surface area contributed by atoms with Gasteiger partial charge in [-0.05, 0) is 13.0 Å². The highest BCUT2D eigenvalue weighted by Crippen LogP contribution is 2.26. The summed E-state index contributed by atoms with van der Waals surface area (Å²) in [4.78, 5) is 16.8. The number of rotatable bonds is 3. The van der Waals surface area contributed by atoms with Crippen molar-refractivity contribution in [2.75, 3.05) is 5.32 Å². The van der Waals surface area contributed by atoms with Gasteiger partial charge in [-0.1, -0.05) is 48.5 Å². The summed E-state index contributed by atoms with van der Waals surface area (Å²) in [7, 11) is 0. The number of benzene rings is 2. The molecular formula is C18H13N3O2S. The van der Waals surface area contributed by atoms with Gasteiger partial charge in [0.15, 0.2) is 11.6 Å². The highest BCUT2D eigenvalue weighted by atomic mass is 32.1. The van der Waals surface area contributed by atoms with Gasteiger partial charge in [0.1, 0.15) is 5.58 Å². The van der Waals surface area contributed by atoms with E-state index in [-0.39, 0.29) is 5.91 Å². The highest BCUT2D eigenvalue weighted by Gasteiger charge is 2.19. The molecule has 0 saturated heterocycles. The van der Waals surface area contributed by atoms with E-state index < -0.39 is 0 Å². The van der Waals surface area contributed by atoms with Gasteiger partial charge >= 0.3 is 0 Å². The summed E-state index contributed by atoms with van der Waals surface area (Å²) in [5.41, 5.74) is 2.42. The molecule has 118 valence electrons. The van der Waals surface area contributed by atoms with E-state index in [0.29, 0.717) is 22.3 Å². The quantitative estimate of drug-likeness (QED) is 0.598. The molecule has 0 aliphatic rings. The van der Waals surface area contributed by atoms with E-state index in [4.69, 9.17) is 4.42 Å². The second kappa shape index (κ2) is 5.90. The van der Waals surface area contributed by atoms with Gasteiger partial charge in [0.05, 0.1) is 0 Å². The Hall–Kier alpha value is -2.99. The molecule has 0 bridgehead atoms. The van der Waals surface area contributed by atoms with Crippen molar-refractivity contribution in [3.05, 3.63) is 65.9 Å². The van der Waals surface area contributed by atoms with Gasteiger partial charge in [0.2, 0.25) is 5.13 Å². The van der Waals surface area contributed by atoms with Gasteiger partial charge in [-0.2, -0.15) is 9.36 Å². The van der Waals surface area contributed by atoms with Gasteiger partial charge < -0.3 is 4.42 Å². The molecule has 0 unspecified atom stereocenters. The topological polar surface area (TPSA) is 68.0 Å². The van der Waals surface area contributed by atoms with E-state index in [9.17, 15) is 4.79 Å². The molecule has 4 rings (SSSR count). The number of carbonyl (C=O) groups excluding carboxylic acids is 1. The first-order valence-electron chi connectivity index (χ1n) is 7.41. The number of anilines is 1. The smallest absolute Gasteiger partial charge is 0.293 e. The molecule has 2 aromatic carbocycles. The third kappa shape index (κ3) is 2.57. The molecule has 0 aliphatic heterocycles. The average Bonchev–Trinajstić information content (AvgIpc) is 3.21. The number of para-hydroxylation sites is 1. The summed E-state index contributed by atoms with van der Waals surface area (Å²) >= 11 is 1.15. The summed E-state index contributed by atoms with van der Waals surface area (Å²) in [6, 6.07) is 17.2. The fourth-order valence-electron chi connectivity index (χ4n) is 2.52. The maximum atomic E-state index is 12.5. The molecule has 0 saturated carbocycles. The lowest BCUT2D eigenvalue weighted by Crippen LogP contribution is -2.11. The predicted molar refractivity (Wildman–Crippen MR) is 94.2 cm³/mol. The number of carbonyl (C=O) groups is 1. The Bertz CT molecular complexity index is 1020. The molecule has 4 aromatic rings. The molecule has 1 amide bonds. The first-order chi connectivity index (χ1) is 11.7. The number of amides is 1. The number of fused-ring (bicyclic) bond motifs is 1. The molecule has 0 spiro atoms. The molecular weight excluding hydrogens is 322 g/mol. The minimum Gasteiger partial charge on any atom is -0.451 e. The lowest BCUT2D eigenvalue weighted by Gasteiger charge is -1.98. The minimum atomic E-state index is -0.320. The van der Waals surface area contributed by atoms with E-state index in [0.717, 1.165) is 28.0 Å². The number of furan rings is 1. The lowest BCUT2D eigenvalue weighted by molar-refractivity contribution is 0.0998. The van der Waals surface area contributed by atoms with Crippen LogP contribution in [0.1, 0.15) is 16.1 Å². The van der Waals surface area contributed by atoms with Crippen LogP contribution in [0.4, 0.5) is 5.13 Å². The van der Waals surface area contributed by atoms with Crippen LogP contribution in [-0.4, -0.2) is 15.3 Å². The second-order valence-corrected chi connectivity index (χ2v) is 6.05. The summed E-state index contributed by atoms with van der Waals surface area (Å²) in [6.45, 7) is 1.87. The van der Waals surface area contributed by atoms with E-state index in [1.54, 1.807) is 0 Å². The van der Waals surface area contributed by atoms with Gasteiger partial charge in [0.25, 0.3) is 5.91 Å². The van der Waals surface area contributed by atoms with E-state index in [2.05, 4.69) is 14.7 Å². The van der Waals surface area contributed by atoms with Gasteiger partial charge in [-0.3, -0.25) is 10.1 Å². The fraction of sp³-hybridized carbons (Fsp3) is 0.0556. The molecule has 0 fully saturated rings. The number of aromatic nitrogens is 2. The molecule has 2 heterocycles. The predicted octanol–water partition coefficient (Wildman–Crippen LogP) is 4.51. The number of aryl methyl sites for hydroxylation is 1. The van der Waals surface area contributed by atoms with Crippen molar-refractivity contribution in [1.82, 2.24) is 9.36 Å². The van der Waals surface area contributed by atoms with Crippen LogP contribution in [0.2, 0.25) is 0 Å². The molecule has 24 heavy (non-hydrogen) atoms. The molecule has 6 heteroatoms. The Labute approximate surface area is 142 Å². The van der Waals surface area contributed by atoms with E-state index in [1.165, 1.54) is 0 Å². The lowest BCUT2D eigenvalue weighted by atomic mass is 10.1. The summed E-state index contributed by atoms with van der Waals surface area (Å²) < 4.78 is 9.95. The van der Waals surface area contributed by atoms with Crippen LogP contribution in [0.3, 0.4) is 0 Å². The van der Waals surface area contributed by atoms with Crippen LogP contribution in [0.15, 0.2) is 59.0 Å². The summed E-state index contributed by atoms with van der Waals surface area (Å²) in [5.74, 6) is 0.573. The minimum absolute atomic E-state index is 0.299.